The Balaban J connectivity index is 2.29. The summed E-state index contributed by atoms with van der Waals surface area (Å²) in [5, 5.41) is 3.17. The third kappa shape index (κ3) is 3.56. The third-order valence-corrected chi connectivity index (χ3v) is 4.10. The first-order valence-electron chi connectivity index (χ1n) is 7.99. The van der Waals surface area contributed by atoms with E-state index in [-0.39, 0.29) is 11.8 Å². The molecule has 2 rings (SSSR count). The molecule has 0 aliphatic rings. The highest BCUT2D eigenvalue weighted by Crippen LogP contribution is 2.29. The van der Waals surface area contributed by atoms with Crippen LogP contribution in [0.1, 0.15) is 55.7 Å². The molecule has 0 saturated heterocycles. The van der Waals surface area contributed by atoms with E-state index in [1.165, 1.54) is 5.56 Å². The first-order chi connectivity index (χ1) is 10.5. The molecular weight excluding hydrogens is 270 g/mol. The van der Waals surface area contributed by atoms with E-state index in [1.807, 2.05) is 43.3 Å². The van der Waals surface area contributed by atoms with E-state index in [1.54, 1.807) is 0 Å². The van der Waals surface area contributed by atoms with Crippen LogP contribution in [0.25, 0.3) is 0 Å². The molecule has 22 heavy (non-hydrogen) atoms. The van der Waals surface area contributed by atoms with E-state index in [0.29, 0.717) is 5.92 Å². The lowest BCUT2D eigenvalue weighted by molar-refractivity contribution is -0.117. The Morgan fingerprint density at radius 1 is 1.05 bits per heavy atom. The number of aryl methyl sites for hydroxylation is 1. The van der Waals surface area contributed by atoms with Gasteiger partial charge in [-0.3, -0.25) is 4.79 Å². The van der Waals surface area contributed by atoms with Crippen molar-refractivity contribution in [2.75, 3.05) is 5.32 Å². The van der Waals surface area contributed by atoms with Gasteiger partial charge >= 0.3 is 0 Å². The maximum Gasteiger partial charge on any atom is 0.231 e. The Morgan fingerprint density at radius 3 is 2.32 bits per heavy atom. The molecule has 0 aliphatic carbocycles. The number of rotatable bonds is 5. The third-order valence-electron chi connectivity index (χ3n) is 4.10. The molecule has 2 heteroatoms. The van der Waals surface area contributed by atoms with E-state index in [4.69, 9.17) is 0 Å². The highest BCUT2D eigenvalue weighted by molar-refractivity contribution is 5.97. The maximum absolute atomic E-state index is 12.8. The first kappa shape index (κ1) is 16.3. The minimum absolute atomic E-state index is 0.0740. The summed E-state index contributed by atoms with van der Waals surface area (Å²) >= 11 is 0. The molecule has 0 spiro atoms. The molecule has 0 bridgehead atoms. The van der Waals surface area contributed by atoms with Gasteiger partial charge in [0.15, 0.2) is 0 Å². The zero-order valence-electron chi connectivity index (χ0n) is 13.9. The van der Waals surface area contributed by atoms with Crippen molar-refractivity contribution in [2.45, 2.75) is 46.0 Å². The van der Waals surface area contributed by atoms with Crippen molar-refractivity contribution >= 4 is 11.6 Å². The molecule has 0 radical (unpaired) electrons. The van der Waals surface area contributed by atoms with Crippen LogP contribution in [-0.4, -0.2) is 5.91 Å². The molecule has 0 aliphatic heterocycles. The molecule has 0 heterocycles. The van der Waals surface area contributed by atoms with E-state index in [0.717, 1.165) is 23.2 Å². The summed E-state index contributed by atoms with van der Waals surface area (Å²) in [6.07, 6.45) is 0.790. The van der Waals surface area contributed by atoms with E-state index < -0.39 is 0 Å². The topological polar surface area (TPSA) is 29.1 Å². The van der Waals surface area contributed by atoms with Crippen LogP contribution in [0.4, 0.5) is 5.69 Å². The molecule has 0 fully saturated rings. The summed E-state index contributed by atoms with van der Waals surface area (Å²) in [7, 11) is 0. The van der Waals surface area contributed by atoms with Crippen molar-refractivity contribution in [1.82, 2.24) is 0 Å². The van der Waals surface area contributed by atoms with Gasteiger partial charge < -0.3 is 5.32 Å². The van der Waals surface area contributed by atoms with Crippen LogP contribution in [0.3, 0.4) is 0 Å². The minimum atomic E-state index is -0.110. The van der Waals surface area contributed by atoms with E-state index in [2.05, 4.69) is 38.2 Å². The van der Waals surface area contributed by atoms with Gasteiger partial charge in [-0.2, -0.15) is 0 Å². The fraction of sp³-hybridized carbons (Fsp3) is 0.350. The summed E-state index contributed by atoms with van der Waals surface area (Å²) in [6, 6.07) is 16.2. The lowest BCUT2D eigenvalue weighted by atomic mass is 9.94. The summed E-state index contributed by atoms with van der Waals surface area (Å²) in [6.45, 7) is 8.40. The molecular formula is C20H25NO. The largest absolute Gasteiger partial charge is 0.325 e. The minimum Gasteiger partial charge on any atom is -0.325 e. The smallest absolute Gasteiger partial charge is 0.231 e. The highest BCUT2D eigenvalue weighted by atomic mass is 16.1. The zero-order valence-corrected chi connectivity index (χ0v) is 13.9. The Labute approximate surface area is 133 Å². The Hall–Kier alpha value is -2.09. The van der Waals surface area contributed by atoms with Crippen LogP contribution in [0.15, 0.2) is 48.5 Å². The maximum atomic E-state index is 12.8. The predicted octanol–water partition coefficient (Wildman–Crippen LogP) is 5.25. The van der Waals surface area contributed by atoms with Crippen molar-refractivity contribution in [3.8, 4) is 0 Å². The monoisotopic (exact) mass is 295 g/mol. The Kier molecular flexibility index (Phi) is 5.37. The second-order valence-corrected chi connectivity index (χ2v) is 6.05. The molecule has 1 N–H and O–H groups in total. The second kappa shape index (κ2) is 7.26. The fourth-order valence-corrected chi connectivity index (χ4v) is 2.81. The summed E-state index contributed by atoms with van der Waals surface area (Å²) in [5.41, 5.74) is 4.35. The second-order valence-electron chi connectivity index (χ2n) is 6.05. The van der Waals surface area contributed by atoms with Gasteiger partial charge in [0.1, 0.15) is 0 Å². The predicted molar refractivity (Wildman–Crippen MR) is 93.4 cm³/mol. The number of carbonyl (C=O) groups excluding carboxylic acids is 1. The van der Waals surface area contributed by atoms with Crippen molar-refractivity contribution in [1.29, 1.82) is 0 Å². The zero-order chi connectivity index (χ0) is 16.1. The summed E-state index contributed by atoms with van der Waals surface area (Å²) in [4.78, 5) is 12.8. The van der Waals surface area contributed by atoms with Gasteiger partial charge in [0.2, 0.25) is 5.91 Å². The van der Waals surface area contributed by atoms with Crippen LogP contribution in [-0.2, 0) is 4.79 Å². The fourth-order valence-electron chi connectivity index (χ4n) is 2.81. The average Bonchev–Trinajstić information content (AvgIpc) is 2.51. The van der Waals surface area contributed by atoms with Crippen LogP contribution in [0.5, 0.6) is 0 Å². The molecule has 2 aromatic carbocycles. The highest BCUT2D eigenvalue weighted by Gasteiger charge is 2.20. The number of hydrogen-bond donors (Lipinski definition) is 1. The lowest BCUT2D eigenvalue weighted by Crippen LogP contribution is -2.22. The van der Waals surface area contributed by atoms with Gasteiger partial charge in [0, 0.05) is 5.69 Å². The van der Waals surface area contributed by atoms with E-state index in [9.17, 15) is 4.79 Å². The van der Waals surface area contributed by atoms with Gasteiger partial charge in [-0.1, -0.05) is 69.3 Å². The number of amides is 1. The molecule has 1 amide bonds. The lowest BCUT2D eigenvalue weighted by Gasteiger charge is -2.20. The Bertz CT molecular complexity index is 631. The number of anilines is 1. The quantitative estimate of drug-likeness (QED) is 0.802. The van der Waals surface area contributed by atoms with Crippen LogP contribution >= 0.6 is 0 Å². The number of carbonyl (C=O) groups is 1. The molecule has 2 aromatic rings. The number of benzene rings is 2. The first-order valence-corrected chi connectivity index (χ1v) is 7.99. The number of para-hydroxylation sites is 1. The average molecular weight is 295 g/mol. The van der Waals surface area contributed by atoms with Crippen molar-refractivity contribution < 1.29 is 4.79 Å². The van der Waals surface area contributed by atoms with Crippen LogP contribution < -0.4 is 5.32 Å². The van der Waals surface area contributed by atoms with Crippen molar-refractivity contribution in [3.05, 3.63) is 65.2 Å². The number of nitrogens with one attached hydrogen (secondary N) is 1. The Morgan fingerprint density at radius 2 is 1.73 bits per heavy atom. The molecule has 0 saturated carbocycles. The molecule has 2 nitrogen and oxygen atoms in total. The number of hydrogen-bond acceptors (Lipinski definition) is 1. The van der Waals surface area contributed by atoms with Crippen LogP contribution in [0, 0.1) is 6.92 Å². The SMILES string of the molecule is CC[C@@H](C(=O)Nc1c(C)cccc1C(C)C)c1ccccc1. The van der Waals surface area contributed by atoms with Gasteiger partial charge in [0.05, 0.1) is 5.92 Å². The van der Waals surface area contributed by atoms with Gasteiger partial charge in [-0.25, -0.2) is 0 Å². The van der Waals surface area contributed by atoms with Crippen molar-refractivity contribution in [2.24, 2.45) is 0 Å². The molecule has 0 unspecified atom stereocenters. The summed E-state index contributed by atoms with van der Waals surface area (Å²) in [5.74, 6) is 0.345. The van der Waals surface area contributed by atoms with E-state index >= 15 is 0 Å². The van der Waals surface area contributed by atoms with Gasteiger partial charge in [-0.05, 0) is 36.0 Å². The normalized spacial score (nSPS) is 12.2. The summed E-state index contributed by atoms with van der Waals surface area (Å²) < 4.78 is 0. The van der Waals surface area contributed by atoms with Gasteiger partial charge in [0.25, 0.3) is 0 Å². The van der Waals surface area contributed by atoms with Crippen molar-refractivity contribution in [3.63, 3.8) is 0 Å². The standard InChI is InChI=1S/C20H25NO/c1-5-17(16-11-7-6-8-12-16)20(22)21-19-15(4)10-9-13-18(19)14(2)3/h6-14,17H,5H2,1-4H3,(H,21,22)/t17-/m1/s1. The molecule has 0 aromatic heterocycles. The molecule has 1 atom stereocenters. The van der Waals surface area contributed by atoms with Gasteiger partial charge in [-0.15, -0.1) is 0 Å². The van der Waals surface area contributed by atoms with Crippen LogP contribution in [0.2, 0.25) is 0 Å². The molecule has 116 valence electrons.